The lowest BCUT2D eigenvalue weighted by Crippen LogP contribution is -2.59. The van der Waals surface area contributed by atoms with Gasteiger partial charge in [0.2, 0.25) is 11.8 Å². The number of rotatable bonds is 11. The summed E-state index contributed by atoms with van der Waals surface area (Å²) in [5.74, 6) is -0.669. The molecule has 1 fully saturated rings. The Labute approximate surface area is 230 Å². The molecule has 2 atom stereocenters. The molecule has 11 nitrogen and oxygen atoms in total. The van der Waals surface area contributed by atoms with E-state index in [1.54, 1.807) is 21.9 Å². The maximum Gasteiger partial charge on any atom is 0.357 e. The minimum Gasteiger partial charge on any atom is -0.346 e. The van der Waals surface area contributed by atoms with Gasteiger partial charge in [0.25, 0.3) is 0 Å². The third kappa shape index (κ3) is 7.47. The van der Waals surface area contributed by atoms with Gasteiger partial charge in [0.15, 0.2) is 0 Å². The van der Waals surface area contributed by atoms with Gasteiger partial charge in [-0.3, -0.25) is 23.8 Å². The zero-order chi connectivity index (χ0) is 28.0. The molecule has 0 saturated carbocycles. The highest BCUT2D eigenvalue weighted by atomic mass is 32.2. The molecule has 1 unspecified atom stereocenters. The van der Waals surface area contributed by atoms with Crippen molar-refractivity contribution in [3.8, 4) is 10.6 Å². The Balaban J connectivity index is 1.53. The van der Waals surface area contributed by atoms with Gasteiger partial charge in [-0.2, -0.15) is 8.42 Å². The first-order valence-electron chi connectivity index (χ1n) is 12.3. The van der Waals surface area contributed by atoms with Crippen LogP contribution in [0.15, 0.2) is 60.0 Å². The second kappa shape index (κ2) is 12.5. The van der Waals surface area contributed by atoms with Gasteiger partial charge in [-0.25, -0.2) is 4.98 Å². The van der Waals surface area contributed by atoms with E-state index >= 15 is 0 Å². The molecule has 0 aliphatic carbocycles. The largest absolute Gasteiger partial charge is 0.357 e. The molecule has 0 radical (unpaired) electrons. The summed E-state index contributed by atoms with van der Waals surface area (Å²) in [6.45, 7) is 3.05. The number of aldehydes is 1. The zero-order valence-electron chi connectivity index (χ0n) is 21.2. The topological polar surface area (TPSA) is 149 Å². The molecule has 4 rings (SSSR count). The quantitative estimate of drug-likeness (QED) is 0.180. The number of piperazine rings is 1. The molecule has 1 aliphatic heterocycles. The molecule has 3 N–H and O–H groups in total. The first-order valence-corrected chi connectivity index (χ1v) is 14.6. The number of anilines is 1. The Hall–Kier alpha value is -3.65. The van der Waals surface area contributed by atoms with Gasteiger partial charge in [0.1, 0.15) is 17.3 Å². The summed E-state index contributed by atoms with van der Waals surface area (Å²) in [5, 5.41) is 5.67. The fourth-order valence-electron chi connectivity index (χ4n) is 4.38. The van der Waals surface area contributed by atoms with Gasteiger partial charge in [0, 0.05) is 30.6 Å². The number of likely N-dealkylation sites (N-methyl/N-ethyl adjacent to an activating group) is 1. The van der Waals surface area contributed by atoms with Gasteiger partial charge >= 0.3 is 10.3 Å². The van der Waals surface area contributed by atoms with Crippen molar-refractivity contribution >= 4 is 45.4 Å². The Kier molecular flexibility index (Phi) is 9.07. The van der Waals surface area contributed by atoms with Gasteiger partial charge in [0.05, 0.1) is 24.0 Å². The maximum absolute atomic E-state index is 13.2. The third-order valence-corrected chi connectivity index (χ3v) is 7.75. The van der Waals surface area contributed by atoms with E-state index in [4.69, 9.17) is 9.54 Å². The number of benzene rings is 2. The number of carbonyl (C=O) groups excluding carboxylic acids is 3. The fraction of sp³-hybridized carbons (Fsp3) is 0.308. The van der Waals surface area contributed by atoms with Crippen molar-refractivity contribution < 1.29 is 27.4 Å². The highest BCUT2D eigenvalue weighted by Gasteiger charge is 2.35. The number of thiazole rings is 1. The third-order valence-electron chi connectivity index (χ3n) is 6.35. The molecule has 2 heterocycles. The predicted octanol–water partition coefficient (Wildman–Crippen LogP) is 2.16. The van der Waals surface area contributed by atoms with Crippen LogP contribution in [0.1, 0.15) is 24.2 Å². The second-order valence-electron chi connectivity index (χ2n) is 9.01. The first-order chi connectivity index (χ1) is 18.7. The van der Waals surface area contributed by atoms with E-state index in [1.165, 1.54) is 23.5 Å². The van der Waals surface area contributed by atoms with Crippen LogP contribution < -0.4 is 10.0 Å². The van der Waals surface area contributed by atoms with Crippen molar-refractivity contribution in [2.45, 2.75) is 25.4 Å². The standard InChI is InChI=1S/C26H29N5O6S2/c1-2-30-12-13-31(23(16-32)26(30)34)15-24(33)27-21(14-18-8-10-20(11-9-18)29-39(35,36)37)22-17-38-25(28-22)19-6-4-3-5-7-19/h3-11,16-17,21,23,29H,2,12-15H2,1H3,(H,27,33)(H,35,36,37)/t21-,23?/m0/s1. The van der Waals surface area contributed by atoms with E-state index in [1.807, 2.05) is 47.4 Å². The summed E-state index contributed by atoms with van der Waals surface area (Å²) < 4.78 is 33.2. The number of amides is 2. The average molecular weight is 572 g/mol. The molecule has 2 amide bonds. The van der Waals surface area contributed by atoms with Crippen LogP contribution in [-0.2, 0) is 31.1 Å². The van der Waals surface area contributed by atoms with E-state index in [2.05, 4.69) is 5.32 Å². The number of nitrogens with one attached hydrogen (secondary N) is 2. The summed E-state index contributed by atoms with van der Waals surface area (Å²) in [5.41, 5.74) is 2.57. The summed E-state index contributed by atoms with van der Waals surface area (Å²) in [6.07, 6.45) is 0.916. The molecule has 0 spiro atoms. The van der Waals surface area contributed by atoms with E-state index < -0.39 is 22.4 Å². The Morgan fingerprint density at radius 3 is 2.54 bits per heavy atom. The van der Waals surface area contributed by atoms with E-state index in [-0.39, 0.29) is 24.0 Å². The van der Waals surface area contributed by atoms with Crippen LogP contribution in [0.3, 0.4) is 0 Å². The van der Waals surface area contributed by atoms with Gasteiger partial charge < -0.3 is 15.0 Å². The lowest BCUT2D eigenvalue weighted by molar-refractivity contribution is -0.145. The van der Waals surface area contributed by atoms with E-state index in [9.17, 15) is 22.8 Å². The van der Waals surface area contributed by atoms with E-state index in [0.717, 1.165) is 16.1 Å². The molecule has 206 valence electrons. The lowest BCUT2D eigenvalue weighted by atomic mass is 10.0. The van der Waals surface area contributed by atoms with Gasteiger partial charge in [-0.1, -0.05) is 42.5 Å². The van der Waals surface area contributed by atoms with Crippen LogP contribution in [0.4, 0.5) is 5.69 Å². The summed E-state index contributed by atoms with van der Waals surface area (Å²) in [7, 11) is -4.40. The van der Waals surface area contributed by atoms with Crippen LogP contribution >= 0.6 is 11.3 Å². The zero-order valence-corrected chi connectivity index (χ0v) is 22.8. The van der Waals surface area contributed by atoms with Crippen molar-refractivity contribution in [2.24, 2.45) is 0 Å². The Bertz CT molecular complexity index is 1410. The highest BCUT2D eigenvalue weighted by molar-refractivity contribution is 7.87. The summed E-state index contributed by atoms with van der Waals surface area (Å²) in [6, 6.07) is 14.5. The van der Waals surface area contributed by atoms with Crippen molar-refractivity contribution in [3.05, 3.63) is 71.2 Å². The average Bonchev–Trinajstić information content (AvgIpc) is 3.40. The molecule has 1 aliphatic rings. The molecule has 1 saturated heterocycles. The first kappa shape index (κ1) is 28.4. The Morgan fingerprint density at radius 2 is 1.90 bits per heavy atom. The summed E-state index contributed by atoms with van der Waals surface area (Å²) in [4.78, 5) is 45.3. The van der Waals surface area contributed by atoms with Crippen LogP contribution in [0, 0.1) is 0 Å². The van der Waals surface area contributed by atoms with Crippen LogP contribution in [0.2, 0.25) is 0 Å². The number of hydrogen-bond acceptors (Lipinski definition) is 8. The lowest BCUT2D eigenvalue weighted by Gasteiger charge is -2.37. The van der Waals surface area contributed by atoms with Crippen molar-refractivity contribution in [3.63, 3.8) is 0 Å². The van der Waals surface area contributed by atoms with E-state index in [0.29, 0.717) is 38.0 Å². The normalized spacial score (nSPS) is 17.0. The minimum absolute atomic E-state index is 0.129. The fourth-order valence-corrected chi connectivity index (χ4v) is 5.70. The highest BCUT2D eigenvalue weighted by Crippen LogP contribution is 2.28. The maximum atomic E-state index is 13.2. The number of hydrogen-bond donors (Lipinski definition) is 3. The van der Waals surface area contributed by atoms with Crippen molar-refractivity contribution in [2.75, 3.05) is 30.9 Å². The smallest absolute Gasteiger partial charge is 0.346 e. The Morgan fingerprint density at radius 1 is 1.18 bits per heavy atom. The van der Waals surface area contributed by atoms with Crippen molar-refractivity contribution in [1.82, 2.24) is 20.1 Å². The monoisotopic (exact) mass is 571 g/mol. The molecular weight excluding hydrogens is 542 g/mol. The number of nitrogens with zero attached hydrogens (tertiary/aromatic N) is 3. The molecule has 1 aromatic heterocycles. The molecule has 13 heteroatoms. The van der Waals surface area contributed by atoms with Crippen LogP contribution in [0.5, 0.6) is 0 Å². The van der Waals surface area contributed by atoms with Crippen LogP contribution in [0.25, 0.3) is 10.6 Å². The SMILES string of the molecule is CCN1CCN(CC(=O)N[C@@H](Cc2ccc(NS(=O)(=O)O)cc2)c2csc(-c3ccccc3)n2)C(C=O)C1=O. The van der Waals surface area contributed by atoms with Gasteiger partial charge in [-0.15, -0.1) is 11.3 Å². The van der Waals surface area contributed by atoms with Gasteiger partial charge in [-0.05, 0) is 31.0 Å². The predicted molar refractivity (Wildman–Crippen MR) is 147 cm³/mol. The molecule has 2 aromatic carbocycles. The van der Waals surface area contributed by atoms with Crippen LogP contribution in [-0.4, -0.2) is 78.1 Å². The second-order valence-corrected chi connectivity index (χ2v) is 11.0. The molecular formula is C26H29N5O6S2. The number of aromatic nitrogens is 1. The molecule has 39 heavy (non-hydrogen) atoms. The molecule has 3 aromatic rings. The number of carbonyl (C=O) groups is 3. The molecule has 0 bridgehead atoms. The van der Waals surface area contributed by atoms with Crippen molar-refractivity contribution in [1.29, 1.82) is 0 Å². The minimum atomic E-state index is -4.40. The summed E-state index contributed by atoms with van der Waals surface area (Å²) >= 11 is 1.45.